The molecule has 0 aromatic heterocycles. The maximum Gasteiger partial charge on any atom is 0.225 e. The first-order chi connectivity index (χ1) is 10.1. The van der Waals surface area contributed by atoms with E-state index < -0.39 is 0 Å². The van der Waals surface area contributed by atoms with E-state index in [2.05, 4.69) is 0 Å². The van der Waals surface area contributed by atoms with E-state index in [1.54, 1.807) is 12.0 Å². The summed E-state index contributed by atoms with van der Waals surface area (Å²) in [5.41, 5.74) is 6.43. The molecule has 21 heavy (non-hydrogen) atoms. The lowest BCUT2D eigenvalue weighted by Gasteiger charge is -2.26. The number of rotatable bonds is 9. The van der Waals surface area contributed by atoms with Crippen LogP contribution in [0.25, 0.3) is 0 Å². The molecule has 0 saturated carbocycles. The maximum atomic E-state index is 12.5. The van der Waals surface area contributed by atoms with Crippen LogP contribution in [0.1, 0.15) is 25.3 Å². The molecule has 1 aromatic carbocycles. The van der Waals surface area contributed by atoms with Crippen LogP contribution in [0.15, 0.2) is 24.3 Å². The Morgan fingerprint density at radius 3 is 2.76 bits per heavy atom. The summed E-state index contributed by atoms with van der Waals surface area (Å²) in [6.45, 7) is 3.21. The number of para-hydroxylation sites is 1. The number of aliphatic hydroxyl groups is 1. The van der Waals surface area contributed by atoms with Gasteiger partial charge < -0.3 is 20.5 Å². The molecule has 0 bridgehead atoms. The lowest BCUT2D eigenvalue weighted by Crippen LogP contribution is -2.37. The summed E-state index contributed by atoms with van der Waals surface area (Å²) in [4.78, 5) is 14.2. The van der Waals surface area contributed by atoms with Gasteiger partial charge >= 0.3 is 0 Å². The number of hydrogen-bond acceptors (Lipinski definition) is 4. The van der Waals surface area contributed by atoms with E-state index in [1.807, 2.05) is 31.2 Å². The summed E-state index contributed by atoms with van der Waals surface area (Å²) in [7, 11) is 1.61. The van der Waals surface area contributed by atoms with Crippen LogP contribution < -0.4 is 10.5 Å². The van der Waals surface area contributed by atoms with Crippen molar-refractivity contribution < 1.29 is 14.6 Å². The predicted molar refractivity (Wildman–Crippen MR) is 82.9 cm³/mol. The van der Waals surface area contributed by atoms with Crippen molar-refractivity contribution >= 4 is 5.91 Å². The smallest absolute Gasteiger partial charge is 0.225 e. The highest BCUT2D eigenvalue weighted by molar-refractivity contribution is 5.78. The average Bonchev–Trinajstić information content (AvgIpc) is 2.51. The van der Waals surface area contributed by atoms with E-state index in [9.17, 15) is 9.90 Å². The molecule has 0 spiro atoms. The summed E-state index contributed by atoms with van der Waals surface area (Å²) in [5.74, 6) is 0.709. The van der Waals surface area contributed by atoms with Gasteiger partial charge in [-0.1, -0.05) is 25.1 Å². The summed E-state index contributed by atoms with van der Waals surface area (Å²) in [5, 5.41) is 9.20. The zero-order valence-corrected chi connectivity index (χ0v) is 12.9. The largest absolute Gasteiger partial charge is 0.496 e. The Kier molecular flexibility index (Phi) is 7.79. The summed E-state index contributed by atoms with van der Waals surface area (Å²) < 4.78 is 5.31. The number of benzene rings is 1. The topological polar surface area (TPSA) is 75.8 Å². The highest BCUT2D eigenvalue weighted by atomic mass is 16.5. The second-order valence-electron chi connectivity index (χ2n) is 5.13. The van der Waals surface area contributed by atoms with Crippen molar-refractivity contribution in [3.05, 3.63) is 29.8 Å². The number of methoxy groups -OCH3 is 1. The molecule has 1 aromatic rings. The van der Waals surface area contributed by atoms with E-state index in [4.69, 9.17) is 10.5 Å². The van der Waals surface area contributed by atoms with Crippen molar-refractivity contribution in [3.63, 3.8) is 0 Å². The van der Waals surface area contributed by atoms with Crippen LogP contribution in [-0.4, -0.2) is 42.7 Å². The van der Waals surface area contributed by atoms with Crippen LogP contribution in [0, 0.1) is 5.92 Å². The predicted octanol–water partition coefficient (Wildman–Crippen LogP) is 1.39. The molecule has 5 heteroatoms. The minimum atomic E-state index is -0.0881. The van der Waals surface area contributed by atoms with Crippen LogP contribution >= 0.6 is 0 Å². The van der Waals surface area contributed by atoms with Gasteiger partial charge in [0.2, 0.25) is 5.91 Å². The molecule has 1 rings (SSSR count). The van der Waals surface area contributed by atoms with Gasteiger partial charge in [-0.05, 0) is 25.5 Å². The van der Waals surface area contributed by atoms with Crippen molar-refractivity contribution in [1.82, 2.24) is 4.90 Å². The van der Waals surface area contributed by atoms with Gasteiger partial charge in [0.25, 0.3) is 0 Å². The Morgan fingerprint density at radius 2 is 2.14 bits per heavy atom. The minimum Gasteiger partial charge on any atom is -0.496 e. The molecule has 0 aliphatic rings. The van der Waals surface area contributed by atoms with Gasteiger partial charge in [-0.2, -0.15) is 0 Å². The molecule has 0 radical (unpaired) electrons. The fraction of sp³-hybridized carbons (Fsp3) is 0.562. The van der Waals surface area contributed by atoms with Crippen LogP contribution in [0.2, 0.25) is 0 Å². The van der Waals surface area contributed by atoms with E-state index in [0.717, 1.165) is 24.2 Å². The monoisotopic (exact) mass is 294 g/mol. The van der Waals surface area contributed by atoms with Crippen molar-refractivity contribution in [2.24, 2.45) is 11.7 Å². The Labute approximate surface area is 126 Å². The second kappa shape index (κ2) is 9.37. The molecule has 1 amide bonds. The fourth-order valence-corrected chi connectivity index (χ4v) is 2.29. The number of aliphatic hydroxyl groups excluding tert-OH is 1. The highest BCUT2D eigenvalue weighted by Gasteiger charge is 2.20. The van der Waals surface area contributed by atoms with E-state index in [-0.39, 0.29) is 18.4 Å². The molecule has 5 nitrogen and oxygen atoms in total. The van der Waals surface area contributed by atoms with Gasteiger partial charge in [0.05, 0.1) is 13.7 Å². The number of carbonyl (C=O) groups is 1. The standard InChI is InChI=1S/C16H26N2O3/c1-13(6-5-9-17)16(20)18(10-11-19)12-14-7-3-4-8-15(14)21-2/h3-4,7-8,13,19H,5-6,9-12,17H2,1-2H3. The number of carbonyl (C=O) groups excluding carboxylic acids is 1. The molecule has 0 aliphatic carbocycles. The molecule has 1 atom stereocenters. The van der Waals surface area contributed by atoms with Crippen molar-refractivity contribution in [1.29, 1.82) is 0 Å². The molecule has 118 valence electrons. The van der Waals surface area contributed by atoms with E-state index in [1.165, 1.54) is 0 Å². The molecular formula is C16H26N2O3. The van der Waals surface area contributed by atoms with Crippen LogP contribution in [0.5, 0.6) is 5.75 Å². The zero-order valence-electron chi connectivity index (χ0n) is 12.9. The molecule has 0 heterocycles. The van der Waals surface area contributed by atoms with Gasteiger partial charge in [-0.15, -0.1) is 0 Å². The van der Waals surface area contributed by atoms with Crippen LogP contribution in [-0.2, 0) is 11.3 Å². The van der Waals surface area contributed by atoms with Gasteiger partial charge in [0.15, 0.2) is 0 Å². The molecule has 3 N–H and O–H groups in total. The summed E-state index contributed by atoms with van der Waals surface area (Å²) in [6.07, 6.45) is 1.59. The molecular weight excluding hydrogens is 268 g/mol. The Bertz CT molecular complexity index is 437. The Balaban J connectivity index is 2.79. The molecule has 0 fully saturated rings. The normalized spacial score (nSPS) is 12.0. The first-order valence-corrected chi connectivity index (χ1v) is 7.35. The highest BCUT2D eigenvalue weighted by Crippen LogP contribution is 2.20. The third kappa shape index (κ3) is 5.36. The summed E-state index contributed by atoms with van der Waals surface area (Å²) in [6, 6.07) is 7.61. The molecule has 0 saturated heterocycles. The van der Waals surface area contributed by atoms with Crippen molar-refractivity contribution in [2.75, 3.05) is 26.8 Å². The number of ether oxygens (including phenoxy) is 1. The Hall–Kier alpha value is -1.59. The summed E-state index contributed by atoms with van der Waals surface area (Å²) >= 11 is 0. The number of nitrogens with two attached hydrogens (primary N) is 1. The lowest BCUT2D eigenvalue weighted by atomic mass is 10.0. The van der Waals surface area contributed by atoms with Crippen LogP contribution in [0.4, 0.5) is 0 Å². The minimum absolute atomic E-state index is 0.0448. The Morgan fingerprint density at radius 1 is 1.43 bits per heavy atom. The third-order valence-corrected chi connectivity index (χ3v) is 3.50. The SMILES string of the molecule is COc1ccccc1CN(CCO)C(=O)C(C)CCCN. The van der Waals surface area contributed by atoms with Gasteiger partial charge in [0.1, 0.15) is 5.75 Å². The van der Waals surface area contributed by atoms with Gasteiger partial charge in [-0.25, -0.2) is 0 Å². The first-order valence-electron chi connectivity index (χ1n) is 7.35. The number of nitrogens with zero attached hydrogens (tertiary/aromatic N) is 1. The zero-order chi connectivity index (χ0) is 15.7. The van der Waals surface area contributed by atoms with Gasteiger partial charge in [0, 0.05) is 24.6 Å². The third-order valence-electron chi connectivity index (χ3n) is 3.50. The first kappa shape index (κ1) is 17.5. The maximum absolute atomic E-state index is 12.5. The van der Waals surface area contributed by atoms with Crippen LogP contribution in [0.3, 0.4) is 0 Å². The number of amides is 1. The van der Waals surface area contributed by atoms with Crippen molar-refractivity contribution in [2.45, 2.75) is 26.3 Å². The second-order valence-corrected chi connectivity index (χ2v) is 5.13. The molecule has 0 aliphatic heterocycles. The fourth-order valence-electron chi connectivity index (χ4n) is 2.29. The number of hydrogen-bond donors (Lipinski definition) is 2. The van der Waals surface area contributed by atoms with E-state index >= 15 is 0 Å². The molecule has 1 unspecified atom stereocenters. The quantitative estimate of drug-likeness (QED) is 0.721. The van der Waals surface area contributed by atoms with E-state index in [0.29, 0.717) is 19.6 Å². The van der Waals surface area contributed by atoms with Gasteiger partial charge in [-0.3, -0.25) is 4.79 Å². The van der Waals surface area contributed by atoms with Crippen molar-refractivity contribution in [3.8, 4) is 5.75 Å². The lowest BCUT2D eigenvalue weighted by molar-refractivity contribution is -0.136. The average molecular weight is 294 g/mol.